The number of hydrogen-bond acceptors (Lipinski definition) is 5. The summed E-state index contributed by atoms with van der Waals surface area (Å²) in [6.45, 7) is 4.07. The van der Waals surface area contributed by atoms with Crippen LogP contribution in [0.25, 0.3) is 0 Å². The van der Waals surface area contributed by atoms with Crippen molar-refractivity contribution in [3.8, 4) is 0 Å². The Kier molecular flexibility index (Phi) is 30.4. The minimum Gasteiger partial charge on any atom is -0.463 e. The van der Waals surface area contributed by atoms with Gasteiger partial charge >= 0.3 is 5.97 Å². The minimum atomic E-state index is -0.929. The van der Waals surface area contributed by atoms with E-state index in [-0.39, 0.29) is 25.1 Å². The van der Waals surface area contributed by atoms with Gasteiger partial charge in [-0.25, -0.2) is 0 Å². The molecule has 0 heterocycles. The maximum absolute atomic E-state index is 12.4. The van der Waals surface area contributed by atoms with Crippen LogP contribution in [0.15, 0.2) is 0 Å². The van der Waals surface area contributed by atoms with Crippen molar-refractivity contribution in [1.29, 1.82) is 0 Å². The number of nitrogens with one attached hydrogen (secondary N) is 1. The highest BCUT2D eigenvalue weighted by Gasteiger charge is 2.27. The summed E-state index contributed by atoms with van der Waals surface area (Å²) < 4.78 is 5.41. The van der Waals surface area contributed by atoms with Gasteiger partial charge in [-0.2, -0.15) is 0 Å². The molecule has 0 aromatic rings. The topological polar surface area (TPSA) is 95.9 Å². The molecule has 250 valence electrons. The lowest BCUT2D eigenvalue weighted by atomic mass is 10.0. The van der Waals surface area contributed by atoms with Crippen molar-refractivity contribution in [3.05, 3.63) is 0 Å². The van der Waals surface area contributed by atoms with Crippen LogP contribution in [-0.4, -0.2) is 47.4 Å². The summed E-state index contributed by atoms with van der Waals surface area (Å²) in [6, 6.07) is 0. The van der Waals surface area contributed by atoms with Gasteiger partial charge in [0.05, 0.1) is 12.1 Å². The first-order valence-corrected chi connectivity index (χ1v) is 18.2. The lowest BCUT2D eigenvalue weighted by Gasteiger charge is -2.28. The molecule has 0 fully saturated rings. The summed E-state index contributed by atoms with van der Waals surface area (Å²) in [6.07, 6.45) is 32.8. The van der Waals surface area contributed by atoms with Crippen LogP contribution in [0.3, 0.4) is 0 Å². The average Bonchev–Trinajstić information content (AvgIpc) is 2.98. The van der Waals surface area contributed by atoms with Gasteiger partial charge in [0, 0.05) is 19.4 Å². The van der Waals surface area contributed by atoms with E-state index in [0.717, 1.165) is 44.9 Å². The van der Waals surface area contributed by atoms with E-state index in [9.17, 15) is 14.7 Å². The minimum absolute atomic E-state index is 0.00910. The number of aliphatic hydroxyl groups excluding tert-OH is 2. The highest BCUT2D eigenvalue weighted by atomic mass is 16.5. The molecule has 6 nitrogen and oxygen atoms in total. The quantitative estimate of drug-likeness (QED) is 0.0517. The molecule has 0 aromatic carbocycles. The Labute approximate surface area is 260 Å². The number of carbonyl (C=O) groups is 2. The molecule has 0 bridgehead atoms. The molecule has 0 aliphatic heterocycles. The third-order valence-electron chi connectivity index (χ3n) is 8.39. The Morgan fingerprint density at radius 3 is 1.29 bits per heavy atom. The maximum atomic E-state index is 12.4. The molecule has 42 heavy (non-hydrogen) atoms. The predicted molar refractivity (Wildman–Crippen MR) is 177 cm³/mol. The molecule has 3 N–H and O–H groups in total. The largest absolute Gasteiger partial charge is 0.463 e. The predicted octanol–water partition coefficient (Wildman–Crippen LogP) is 9.33. The van der Waals surface area contributed by atoms with Gasteiger partial charge in [0.2, 0.25) is 5.91 Å². The number of rotatable bonds is 33. The van der Waals surface area contributed by atoms with Crippen LogP contribution in [0.5, 0.6) is 0 Å². The van der Waals surface area contributed by atoms with E-state index < -0.39 is 5.54 Å². The first-order chi connectivity index (χ1) is 20.5. The molecule has 0 radical (unpaired) electrons. The second-order valence-corrected chi connectivity index (χ2v) is 13.0. The SMILES string of the molecule is CCCCCCCCCCCCCCCC(=O)OCC(C)(CO)NC(=O)CCCCCCCCCCCCCCCO. The highest BCUT2D eigenvalue weighted by molar-refractivity contribution is 5.76. The van der Waals surface area contributed by atoms with Crippen LogP contribution in [0.4, 0.5) is 0 Å². The number of aliphatic hydroxyl groups is 2. The molecule has 0 aliphatic rings. The Morgan fingerprint density at radius 2 is 0.905 bits per heavy atom. The van der Waals surface area contributed by atoms with E-state index in [1.807, 2.05) is 0 Å². The fourth-order valence-corrected chi connectivity index (χ4v) is 5.46. The smallest absolute Gasteiger partial charge is 0.305 e. The Balaban J connectivity index is 3.66. The molecule has 1 unspecified atom stereocenters. The zero-order valence-corrected chi connectivity index (χ0v) is 28.0. The second kappa shape index (κ2) is 31.3. The lowest BCUT2D eigenvalue weighted by molar-refractivity contribution is -0.147. The van der Waals surface area contributed by atoms with Gasteiger partial charge in [0.25, 0.3) is 0 Å². The monoisotopic (exact) mass is 598 g/mol. The molecular weight excluding hydrogens is 526 g/mol. The number of unbranched alkanes of at least 4 members (excludes halogenated alkanes) is 24. The van der Waals surface area contributed by atoms with Crippen molar-refractivity contribution in [2.24, 2.45) is 0 Å². The molecule has 0 saturated carbocycles. The van der Waals surface area contributed by atoms with Gasteiger partial charge in [0.1, 0.15) is 6.61 Å². The summed E-state index contributed by atoms with van der Waals surface area (Å²) in [5.41, 5.74) is -0.929. The molecule has 0 aliphatic carbocycles. The van der Waals surface area contributed by atoms with Crippen LogP contribution in [0.1, 0.15) is 194 Å². The molecule has 0 aromatic heterocycles. The van der Waals surface area contributed by atoms with Crippen LogP contribution in [0, 0.1) is 0 Å². The fraction of sp³-hybridized carbons (Fsp3) is 0.944. The van der Waals surface area contributed by atoms with E-state index >= 15 is 0 Å². The summed E-state index contributed by atoms with van der Waals surface area (Å²) in [5, 5.41) is 21.5. The summed E-state index contributed by atoms with van der Waals surface area (Å²) in [5.74, 6) is -0.330. The summed E-state index contributed by atoms with van der Waals surface area (Å²) in [4.78, 5) is 24.6. The molecular formula is C36H71NO5. The fourth-order valence-electron chi connectivity index (χ4n) is 5.46. The van der Waals surface area contributed by atoms with Crippen LogP contribution in [-0.2, 0) is 14.3 Å². The number of ether oxygens (including phenoxy) is 1. The second-order valence-electron chi connectivity index (χ2n) is 13.0. The Bertz CT molecular complexity index is 599. The molecule has 6 heteroatoms. The van der Waals surface area contributed by atoms with Crippen molar-refractivity contribution in [3.63, 3.8) is 0 Å². The average molecular weight is 598 g/mol. The molecule has 0 spiro atoms. The number of amides is 1. The maximum Gasteiger partial charge on any atom is 0.305 e. The first-order valence-electron chi connectivity index (χ1n) is 18.2. The molecule has 0 saturated heterocycles. The van der Waals surface area contributed by atoms with Gasteiger partial charge in [-0.1, -0.05) is 155 Å². The first kappa shape index (κ1) is 40.9. The highest BCUT2D eigenvalue weighted by Crippen LogP contribution is 2.15. The summed E-state index contributed by atoms with van der Waals surface area (Å²) >= 11 is 0. The van der Waals surface area contributed by atoms with E-state index in [1.165, 1.54) is 122 Å². The van der Waals surface area contributed by atoms with E-state index in [1.54, 1.807) is 6.92 Å². The van der Waals surface area contributed by atoms with Gasteiger partial charge in [-0.15, -0.1) is 0 Å². The van der Waals surface area contributed by atoms with E-state index in [4.69, 9.17) is 9.84 Å². The van der Waals surface area contributed by atoms with Crippen LogP contribution < -0.4 is 5.32 Å². The van der Waals surface area contributed by atoms with Gasteiger partial charge in [0.15, 0.2) is 0 Å². The lowest BCUT2D eigenvalue weighted by Crippen LogP contribution is -2.52. The third kappa shape index (κ3) is 29.0. The van der Waals surface area contributed by atoms with Crippen molar-refractivity contribution < 1.29 is 24.5 Å². The number of hydrogen-bond donors (Lipinski definition) is 3. The molecule has 1 amide bonds. The number of esters is 1. The normalized spacial score (nSPS) is 12.8. The number of carbonyl (C=O) groups excluding carboxylic acids is 2. The van der Waals surface area contributed by atoms with Crippen LogP contribution >= 0.6 is 0 Å². The molecule has 0 rings (SSSR count). The van der Waals surface area contributed by atoms with Crippen molar-refractivity contribution >= 4 is 11.9 Å². The standard InChI is InChI=1S/C36H71NO5/c1-3-4-5-6-7-8-9-11-15-18-21-24-27-30-35(41)42-33-36(2,32-39)37-34(40)29-26-23-20-17-14-12-10-13-16-19-22-25-28-31-38/h38-39H,3-33H2,1-2H3,(H,37,40). The zero-order valence-electron chi connectivity index (χ0n) is 28.0. The van der Waals surface area contributed by atoms with Crippen molar-refractivity contribution in [2.45, 2.75) is 199 Å². The Morgan fingerprint density at radius 1 is 0.548 bits per heavy atom. The van der Waals surface area contributed by atoms with Crippen LogP contribution in [0.2, 0.25) is 0 Å². The molecule has 1 atom stereocenters. The third-order valence-corrected chi connectivity index (χ3v) is 8.39. The van der Waals surface area contributed by atoms with Gasteiger partial charge in [-0.05, 0) is 26.2 Å². The van der Waals surface area contributed by atoms with Gasteiger partial charge in [-0.3, -0.25) is 9.59 Å². The van der Waals surface area contributed by atoms with E-state index in [2.05, 4.69) is 12.2 Å². The van der Waals surface area contributed by atoms with E-state index in [0.29, 0.717) is 19.4 Å². The van der Waals surface area contributed by atoms with Crippen molar-refractivity contribution in [2.75, 3.05) is 19.8 Å². The zero-order chi connectivity index (χ0) is 31.0. The summed E-state index contributed by atoms with van der Waals surface area (Å²) in [7, 11) is 0. The van der Waals surface area contributed by atoms with Gasteiger partial charge < -0.3 is 20.3 Å². The Hall–Kier alpha value is -1.14. The van der Waals surface area contributed by atoms with Crippen molar-refractivity contribution in [1.82, 2.24) is 5.32 Å².